The Hall–Kier alpha value is -3.00. The van der Waals surface area contributed by atoms with Gasteiger partial charge in [0, 0.05) is 31.7 Å². The molecule has 2 N–H and O–H groups in total. The Kier molecular flexibility index (Phi) is 7.16. The minimum Gasteiger partial charge on any atom is -0.374 e. The Morgan fingerprint density at radius 1 is 1.12 bits per heavy atom. The second-order valence-electron chi connectivity index (χ2n) is 8.64. The first-order valence-electron chi connectivity index (χ1n) is 11.3. The van der Waals surface area contributed by atoms with Crippen molar-refractivity contribution in [1.82, 2.24) is 4.90 Å². The number of hydrogen-bond acceptors (Lipinski definition) is 6. The van der Waals surface area contributed by atoms with Crippen LogP contribution in [0.25, 0.3) is 0 Å². The molecule has 2 aromatic carbocycles. The van der Waals surface area contributed by atoms with E-state index in [1.54, 1.807) is 23.1 Å². The molecule has 0 aromatic heterocycles. The Morgan fingerprint density at radius 2 is 1.82 bits per heavy atom. The van der Waals surface area contributed by atoms with Crippen LogP contribution in [0.2, 0.25) is 0 Å². The molecule has 180 valence electrons. The van der Waals surface area contributed by atoms with Crippen molar-refractivity contribution >= 4 is 21.6 Å². The fraction of sp³-hybridized carbons (Fsp3) is 0.417. The molecule has 0 radical (unpaired) electrons. The molecule has 0 atom stereocenters. The Bertz CT molecular complexity index is 1210. The van der Waals surface area contributed by atoms with Crippen molar-refractivity contribution in [1.29, 1.82) is 5.26 Å². The predicted molar refractivity (Wildman–Crippen MR) is 124 cm³/mol. The summed E-state index contributed by atoms with van der Waals surface area (Å²) in [4.78, 5) is 16.7. The average molecular weight is 487 g/mol. The van der Waals surface area contributed by atoms with E-state index in [0.717, 1.165) is 25.7 Å². The Labute approximate surface area is 198 Å². The molecule has 2 fully saturated rings. The summed E-state index contributed by atoms with van der Waals surface area (Å²) in [5.74, 6) is -0.790. The van der Waals surface area contributed by atoms with Crippen LogP contribution in [0, 0.1) is 17.1 Å². The molecule has 0 unspecified atom stereocenters. The summed E-state index contributed by atoms with van der Waals surface area (Å²) in [6, 6.07) is 10.5. The number of nitrogens with two attached hydrogens (primary N) is 1. The number of amides is 1. The molecular formula is C24H27FN4O4S. The van der Waals surface area contributed by atoms with Crippen molar-refractivity contribution in [2.45, 2.75) is 43.3 Å². The van der Waals surface area contributed by atoms with Gasteiger partial charge in [0.2, 0.25) is 10.0 Å². The van der Waals surface area contributed by atoms with Crippen molar-refractivity contribution in [3.05, 3.63) is 58.9 Å². The second-order valence-corrected chi connectivity index (χ2v) is 10.2. The van der Waals surface area contributed by atoms with E-state index in [0.29, 0.717) is 37.4 Å². The highest BCUT2D eigenvalue weighted by Crippen LogP contribution is 2.26. The highest BCUT2D eigenvalue weighted by molar-refractivity contribution is 7.89. The molecule has 1 aliphatic heterocycles. The summed E-state index contributed by atoms with van der Waals surface area (Å²) >= 11 is 0. The number of halogens is 1. The van der Waals surface area contributed by atoms with E-state index in [1.807, 2.05) is 11.0 Å². The summed E-state index contributed by atoms with van der Waals surface area (Å²) in [6.07, 6.45) is 4.33. The number of benzene rings is 2. The minimum atomic E-state index is -3.98. The van der Waals surface area contributed by atoms with Gasteiger partial charge in [0.25, 0.3) is 5.91 Å². The van der Waals surface area contributed by atoms with Crippen molar-refractivity contribution in [3.8, 4) is 6.07 Å². The topological polar surface area (TPSA) is 117 Å². The van der Waals surface area contributed by atoms with Gasteiger partial charge >= 0.3 is 0 Å². The van der Waals surface area contributed by atoms with Gasteiger partial charge in [-0.25, -0.2) is 17.9 Å². The molecule has 0 bridgehead atoms. The number of carbonyl (C=O) groups is 1. The molecule has 1 saturated carbocycles. The number of carbonyl (C=O) groups excluding carboxylic acids is 1. The zero-order valence-corrected chi connectivity index (χ0v) is 19.6. The van der Waals surface area contributed by atoms with Crippen LogP contribution in [0.1, 0.15) is 47.2 Å². The third kappa shape index (κ3) is 5.38. The Balaban J connectivity index is 1.50. The fourth-order valence-corrected chi connectivity index (χ4v) is 5.01. The minimum absolute atomic E-state index is 0.126. The molecule has 2 aromatic rings. The lowest BCUT2D eigenvalue weighted by Crippen LogP contribution is -2.49. The summed E-state index contributed by atoms with van der Waals surface area (Å²) in [5.41, 5.74) is 1.50. The van der Waals surface area contributed by atoms with Gasteiger partial charge in [0.05, 0.1) is 34.9 Å². The van der Waals surface area contributed by atoms with E-state index in [2.05, 4.69) is 0 Å². The van der Waals surface area contributed by atoms with Crippen molar-refractivity contribution < 1.29 is 22.3 Å². The van der Waals surface area contributed by atoms with Gasteiger partial charge in [-0.2, -0.15) is 5.26 Å². The lowest BCUT2D eigenvalue weighted by molar-refractivity contribution is 0.0444. The smallest absolute Gasteiger partial charge is 0.254 e. The van der Waals surface area contributed by atoms with Crippen LogP contribution >= 0.6 is 0 Å². The van der Waals surface area contributed by atoms with E-state index in [4.69, 9.17) is 15.1 Å². The summed E-state index contributed by atoms with van der Waals surface area (Å²) in [7, 11) is -3.98. The number of rotatable bonds is 6. The first kappa shape index (κ1) is 24.1. The number of anilines is 1. The molecule has 4 rings (SSSR count). The van der Waals surface area contributed by atoms with Gasteiger partial charge in [-0.3, -0.25) is 4.79 Å². The zero-order valence-electron chi connectivity index (χ0n) is 18.7. The standard InChI is InChI=1S/C24H27FN4O4S/c25-22-13-17(15-26)5-8-23(22)28-9-11-29(12-10-28)24(30)21-14-20(34(27,31)32)7-6-18(21)16-33-19-3-1-2-4-19/h5-8,13-14,19H,1-4,9-12,16H2,(H2,27,31,32). The van der Waals surface area contributed by atoms with E-state index < -0.39 is 15.8 Å². The summed E-state index contributed by atoms with van der Waals surface area (Å²) in [6.45, 7) is 1.68. The molecule has 1 aliphatic carbocycles. The monoisotopic (exact) mass is 486 g/mol. The molecule has 1 saturated heterocycles. The first-order chi connectivity index (χ1) is 16.3. The van der Waals surface area contributed by atoms with Crippen molar-refractivity contribution in [2.24, 2.45) is 5.14 Å². The second kappa shape index (κ2) is 10.1. The SMILES string of the molecule is N#Cc1ccc(N2CCN(C(=O)c3cc(S(N)(=O)=O)ccc3COC3CCCC3)CC2)c(F)c1. The highest BCUT2D eigenvalue weighted by atomic mass is 32.2. The Morgan fingerprint density at radius 3 is 2.44 bits per heavy atom. The van der Waals surface area contributed by atoms with Crippen LogP contribution in [0.3, 0.4) is 0 Å². The molecule has 1 heterocycles. The van der Waals surface area contributed by atoms with Gasteiger partial charge in [0.1, 0.15) is 5.82 Å². The average Bonchev–Trinajstić information content (AvgIpc) is 3.35. The molecule has 8 nitrogen and oxygen atoms in total. The lowest BCUT2D eigenvalue weighted by Gasteiger charge is -2.36. The number of nitrogens with zero attached hydrogens (tertiary/aromatic N) is 3. The molecule has 10 heteroatoms. The maximum Gasteiger partial charge on any atom is 0.254 e. The summed E-state index contributed by atoms with van der Waals surface area (Å²) in [5, 5.41) is 14.2. The molecule has 1 amide bonds. The number of primary sulfonamides is 1. The molecule has 34 heavy (non-hydrogen) atoms. The summed E-state index contributed by atoms with van der Waals surface area (Å²) < 4.78 is 44.2. The lowest BCUT2D eigenvalue weighted by atomic mass is 10.1. The normalized spacial score (nSPS) is 17.1. The van der Waals surface area contributed by atoms with Crippen LogP contribution in [0.15, 0.2) is 41.3 Å². The van der Waals surface area contributed by atoms with E-state index in [1.165, 1.54) is 18.2 Å². The third-order valence-electron chi connectivity index (χ3n) is 6.40. The molecular weight excluding hydrogens is 459 g/mol. The van der Waals surface area contributed by atoms with Gasteiger partial charge in [-0.05, 0) is 48.7 Å². The van der Waals surface area contributed by atoms with E-state index in [-0.39, 0.29) is 34.6 Å². The van der Waals surface area contributed by atoms with Crippen LogP contribution in [-0.2, 0) is 21.4 Å². The largest absolute Gasteiger partial charge is 0.374 e. The number of piperazine rings is 1. The first-order valence-corrected chi connectivity index (χ1v) is 12.8. The van der Waals surface area contributed by atoms with Crippen LogP contribution < -0.4 is 10.0 Å². The van der Waals surface area contributed by atoms with Gasteiger partial charge < -0.3 is 14.5 Å². The van der Waals surface area contributed by atoms with E-state index >= 15 is 0 Å². The zero-order chi connectivity index (χ0) is 24.3. The van der Waals surface area contributed by atoms with Crippen LogP contribution in [-0.4, -0.2) is 51.5 Å². The van der Waals surface area contributed by atoms with Gasteiger partial charge in [-0.15, -0.1) is 0 Å². The van der Waals surface area contributed by atoms with Crippen molar-refractivity contribution in [3.63, 3.8) is 0 Å². The maximum atomic E-state index is 14.4. The van der Waals surface area contributed by atoms with Gasteiger partial charge in [0.15, 0.2) is 0 Å². The van der Waals surface area contributed by atoms with Crippen LogP contribution in [0.4, 0.5) is 10.1 Å². The van der Waals surface area contributed by atoms with Crippen LogP contribution in [0.5, 0.6) is 0 Å². The fourth-order valence-electron chi connectivity index (χ4n) is 4.47. The maximum absolute atomic E-state index is 14.4. The van der Waals surface area contributed by atoms with Crippen molar-refractivity contribution in [2.75, 3.05) is 31.1 Å². The number of sulfonamides is 1. The quantitative estimate of drug-likeness (QED) is 0.671. The number of ether oxygens (including phenoxy) is 1. The van der Waals surface area contributed by atoms with Gasteiger partial charge in [-0.1, -0.05) is 18.9 Å². The number of hydrogen-bond donors (Lipinski definition) is 1. The molecule has 2 aliphatic rings. The highest BCUT2D eigenvalue weighted by Gasteiger charge is 2.27. The number of nitriles is 1. The molecule has 0 spiro atoms. The third-order valence-corrected chi connectivity index (χ3v) is 7.31. The predicted octanol–water partition coefficient (Wildman–Crippen LogP) is 2.77. The van der Waals surface area contributed by atoms with E-state index in [9.17, 15) is 17.6 Å².